The molecule has 0 aliphatic carbocycles. The number of thiophene rings is 1. The average molecular weight is 332 g/mol. The van der Waals surface area contributed by atoms with Crippen LogP contribution in [0.3, 0.4) is 0 Å². The van der Waals surface area contributed by atoms with Crippen molar-refractivity contribution in [3.8, 4) is 0 Å². The maximum absolute atomic E-state index is 6.33. The molecule has 2 rings (SSSR count). The summed E-state index contributed by atoms with van der Waals surface area (Å²) in [6.07, 6.45) is 0. The zero-order valence-corrected chi connectivity index (χ0v) is 12.4. The predicted molar refractivity (Wildman–Crippen MR) is 77.4 cm³/mol. The second kappa shape index (κ2) is 5.50. The molecule has 2 nitrogen and oxygen atoms in total. The van der Waals surface area contributed by atoms with Crippen LogP contribution in [0.4, 0.5) is 0 Å². The molecule has 1 unspecified atom stereocenters. The van der Waals surface area contributed by atoms with Crippen LogP contribution in [0.15, 0.2) is 34.1 Å². The van der Waals surface area contributed by atoms with Gasteiger partial charge >= 0.3 is 0 Å². The Morgan fingerprint density at radius 3 is 2.76 bits per heavy atom. The van der Waals surface area contributed by atoms with E-state index in [-0.39, 0.29) is 6.04 Å². The number of hydrogen-bond acceptors (Lipinski definition) is 3. The van der Waals surface area contributed by atoms with Gasteiger partial charge in [0.15, 0.2) is 0 Å². The van der Waals surface area contributed by atoms with Gasteiger partial charge in [0.2, 0.25) is 0 Å². The first-order valence-corrected chi connectivity index (χ1v) is 7.14. The van der Waals surface area contributed by atoms with Crippen LogP contribution in [-0.4, -0.2) is 0 Å². The van der Waals surface area contributed by atoms with Crippen molar-refractivity contribution in [1.29, 1.82) is 0 Å². The summed E-state index contributed by atoms with van der Waals surface area (Å²) in [6, 6.07) is 7.89. The van der Waals surface area contributed by atoms with E-state index in [9.17, 15) is 0 Å². The Bertz CT molecular complexity index is 527. The van der Waals surface area contributed by atoms with Gasteiger partial charge in [-0.1, -0.05) is 29.8 Å². The third kappa shape index (κ3) is 2.56. The summed E-state index contributed by atoms with van der Waals surface area (Å²) in [5, 5.41) is 2.78. The molecule has 1 aromatic carbocycles. The first-order valence-electron chi connectivity index (χ1n) is 5.09. The van der Waals surface area contributed by atoms with Gasteiger partial charge < -0.3 is 0 Å². The summed E-state index contributed by atoms with van der Waals surface area (Å²) in [4.78, 5) is 1.13. The molecule has 3 N–H and O–H groups in total. The summed E-state index contributed by atoms with van der Waals surface area (Å²) in [5.74, 6) is 5.66. The molecule has 0 saturated carbocycles. The zero-order valence-electron chi connectivity index (χ0n) is 9.21. The van der Waals surface area contributed by atoms with Gasteiger partial charge in [0, 0.05) is 14.4 Å². The summed E-state index contributed by atoms with van der Waals surface area (Å²) in [6.45, 7) is 1.99. The Kier molecular flexibility index (Phi) is 4.22. The lowest BCUT2D eigenvalue weighted by Gasteiger charge is -2.18. The second-order valence-corrected chi connectivity index (χ2v) is 5.89. The third-order valence-corrected chi connectivity index (χ3v) is 5.06. The molecule has 5 heteroatoms. The number of aryl methyl sites for hydroxylation is 1. The normalized spacial score (nSPS) is 12.7. The predicted octanol–water partition coefficient (Wildman–Crippen LogP) is 4.03. The molecule has 1 aromatic heterocycles. The van der Waals surface area contributed by atoms with E-state index in [0.29, 0.717) is 0 Å². The Morgan fingerprint density at radius 2 is 2.18 bits per heavy atom. The van der Waals surface area contributed by atoms with Crippen molar-refractivity contribution >= 4 is 38.9 Å². The molecule has 0 fully saturated rings. The fraction of sp³-hybridized carbons (Fsp3) is 0.167. The average Bonchev–Trinajstić information content (AvgIpc) is 2.72. The zero-order chi connectivity index (χ0) is 12.4. The summed E-state index contributed by atoms with van der Waals surface area (Å²) in [5.41, 5.74) is 4.88. The molecule has 17 heavy (non-hydrogen) atoms. The smallest absolute Gasteiger partial charge is 0.0828 e. The molecule has 0 radical (unpaired) electrons. The van der Waals surface area contributed by atoms with Gasteiger partial charge in [-0.25, -0.2) is 5.43 Å². The minimum atomic E-state index is -0.0863. The number of nitrogens with one attached hydrogen (secondary N) is 1. The van der Waals surface area contributed by atoms with Gasteiger partial charge in [-0.15, -0.1) is 11.3 Å². The van der Waals surface area contributed by atoms with Crippen molar-refractivity contribution in [3.63, 3.8) is 0 Å². The molecule has 1 heterocycles. The number of nitrogens with two attached hydrogens (primary N) is 1. The van der Waals surface area contributed by atoms with E-state index in [1.165, 1.54) is 0 Å². The van der Waals surface area contributed by atoms with Gasteiger partial charge in [-0.2, -0.15) is 0 Å². The third-order valence-electron chi connectivity index (χ3n) is 2.61. The minimum absolute atomic E-state index is 0.0863. The van der Waals surface area contributed by atoms with E-state index in [1.54, 1.807) is 11.3 Å². The van der Waals surface area contributed by atoms with Gasteiger partial charge in [0.25, 0.3) is 0 Å². The lowest BCUT2D eigenvalue weighted by Crippen LogP contribution is -2.28. The van der Waals surface area contributed by atoms with E-state index in [1.807, 2.05) is 36.6 Å². The summed E-state index contributed by atoms with van der Waals surface area (Å²) in [7, 11) is 0. The highest BCUT2D eigenvalue weighted by Crippen LogP contribution is 2.36. The van der Waals surface area contributed by atoms with E-state index >= 15 is 0 Å². The fourth-order valence-corrected chi connectivity index (χ4v) is 3.63. The lowest BCUT2D eigenvalue weighted by atomic mass is 10.0. The second-order valence-electron chi connectivity index (χ2n) is 3.71. The van der Waals surface area contributed by atoms with Crippen molar-refractivity contribution in [2.24, 2.45) is 5.84 Å². The molecule has 1 atom stereocenters. The van der Waals surface area contributed by atoms with E-state index in [2.05, 4.69) is 21.4 Å². The van der Waals surface area contributed by atoms with Crippen LogP contribution in [0.1, 0.15) is 22.0 Å². The standard InChI is InChI=1S/C12H12BrClN2S/c1-7-3-2-4-8(10(7)14)11(16-15)12-9(13)5-6-17-12/h2-6,11,16H,15H2,1H3. The van der Waals surface area contributed by atoms with Gasteiger partial charge in [0.1, 0.15) is 0 Å². The monoisotopic (exact) mass is 330 g/mol. The molecule has 2 aromatic rings. The highest BCUT2D eigenvalue weighted by atomic mass is 79.9. The molecule has 0 aliphatic heterocycles. The largest absolute Gasteiger partial charge is 0.271 e. The van der Waals surface area contributed by atoms with Crippen molar-refractivity contribution in [2.75, 3.05) is 0 Å². The first-order chi connectivity index (χ1) is 8.15. The molecule has 0 amide bonds. The number of halogens is 2. The van der Waals surface area contributed by atoms with Gasteiger partial charge in [-0.05, 0) is 45.4 Å². The Morgan fingerprint density at radius 1 is 1.41 bits per heavy atom. The fourth-order valence-electron chi connectivity index (χ4n) is 1.71. The summed E-state index contributed by atoms with van der Waals surface area (Å²) < 4.78 is 1.04. The highest BCUT2D eigenvalue weighted by molar-refractivity contribution is 9.10. The first kappa shape index (κ1) is 13.1. The lowest BCUT2D eigenvalue weighted by molar-refractivity contribution is 0.644. The maximum Gasteiger partial charge on any atom is 0.0828 e. The van der Waals surface area contributed by atoms with E-state index in [0.717, 1.165) is 25.5 Å². The minimum Gasteiger partial charge on any atom is -0.271 e. The van der Waals surface area contributed by atoms with Gasteiger partial charge in [-0.3, -0.25) is 5.84 Å². The molecule has 0 aliphatic rings. The molecule has 0 saturated heterocycles. The maximum atomic E-state index is 6.33. The quantitative estimate of drug-likeness (QED) is 0.658. The number of hydrazine groups is 1. The van der Waals surface area contributed by atoms with Crippen LogP contribution in [-0.2, 0) is 0 Å². The molecule has 0 spiro atoms. The van der Waals surface area contributed by atoms with Crippen molar-refractivity contribution < 1.29 is 0 Å². The van der Waals surface area contributed by atoms with Crippen molar-refractivity contribution in [3.05, 3.63) is 55.1 Å². The van der Waals surface area contributed by atoms with Crippen molar-refractivity contribution in [2.45, 2.75) is 13.0 Å². The highest BCUT2D eigenvalue weighted by Gasteiger charge is 2.19. The van der Waals surface area contributed by atoms with Crippen LogP contribution in [0.25, 0.3) is 0 Å². The Balaban J connectivity index is 2.50. The molecular formula is C12H12BrClN2S. The Labute approximate surface area is 118 Å². The van der Waals surface area contributed by atoms with Crippen LogP contribution >= 0.6 is 38.9 Å². The van der Waals surface area contributed by atoms with Crippen LogP contribution in [0, 0.1) is 6.92 Å². The molecular weight excluding hydrogens is 320 g/mol. The number of benzene rings is 1. The number of rotatable bonds is 3. The SMILES string of the molecule is Cc1cccc(C(NN)c2sccc2Br)c1Cl. The van der Waals surface area contributed by atoms with Crippen molar-refractivity contribution in [1.82, 2.24) is 5.43 Å². The topological polar surface area (TPSA) is 38.0 Å². The van der Waals surface area contributed by atoms with Crippen LogP contribution < -0.4 is 11.3 Å². The van der Waals surface area contributed by atoms with Gasteiger partial charge in [0.05, 0.1) is 6.04 Å². The van der Waals surface area contributed by atoms with Crippen LogP contribution in [0.2, 0.25) is 5.02 Å². The molecule has 90 valence electrons. The Hall–Kier alpha value is -0.390. The molecule has 0 bridgehead atoms. The summed E-state index contributed by atoms with van der Waals surface area (Å²) >= 11 is 11.5. The van der Waals surface area contributed by atoms with E-state index < -0.39 is 0 Å². The van der Waals surface area contributed by atoms with Crippen LogP contribution in [0.5, 0.6) is 0 Å². The van der Waals surface area contributed by atoms with E-state index in [4.69, 9.17) is 17.4 Å². The number of hydrogen-bond donors (Lipinski definition) is 2.